The van der Waals surface area contributed by atoms with Gasteiger partial charge >= 0.3 is 0 Å². The molecule has 1 heterocycles. The second-order valence-electron chi connectivity index (χ2n) is 5.95. The van der Waals surface area contributed by atoms with Crippen molar-refractivity contribution in [3.63, 3.8) is 0 Å². The summed E-state index contributed by atoms with van der Waals surface area (Å²) in [4.78, 5) is 3.91. The van der Waals surface area contributed by atoms with Crippen molar-refractivity contribution >= 4 is 47.6 Å². The Morgan fingerprint density at radius 3 is 2.28 bits per heavy atom. The molecule has 6 nitrogen and oxygen atoms in total. The molecule has 0 fully saturated rings. The number of aromatic nitrogens is 1. The Morgan fingerprint density at radius 2 is 1.76 bits per heavy atom. The molecule has 2 aromatic rings. The zero-order chi connectivity index (χ0) is 18.8. The van der Waals surface area contributed by atoms with E-state index < -0.39 is 19.7 Å². The van der Waals surface area contributed by atoms with E-state index in [9.17, 15) is 16.8 Å². The van der Waals surface area contributed by atoms with Gasteiger partial charge in [0, 0.05) is 17.8 Å². The summed E-state index contributed by atoms with van der Waals surface area (Å²) in [5.41, 5.74) is 0. The molecular formula is C15H19ClN2O4S3. The molecule has 10 heteroatoms. The Balaban J connectivity index is 2.50. The van der Waals surface area contributed by atoms with Crippen LogP contribution in [0.1, 0.15) is 20.3 Å². The van der Waals surface area contributed by atoms with Gasteiger partial charge in [-0.1, -0.05) is 36.8 Å². The first-order valence-corrected chi connectivity index (χ1v) is 12.0. The van der Waals surface area contributed by atoms with Crippen molar-refractivity contribution in [3.8, 4) is 0 Å². The summed E-state index contributed by atoms with van der Waals surface area (Å²) >= 11 is 6.63. The molecule has 0 saturated heterocycles. The molecule has 0 aliphatic rings. The Labute approximate surface area is 157 Å². The second-order valence-corrected chi connectivity index (χ2v) is 11.4. The molecule has 0 spiro atoms. The molecule has 1 aromatic carbocycles. The van der Waals surface area contributed by atoms with E-state index in [1.807, 2.05) is 13.8 Å². The highest BCUT2D eigenvalue weighted by Gasteiger charge is 2.29. The summed E-state index contributed by atoms with van der Waals surface area (Å²) in [5, 5.41) is 3.38. The van der Waals surface area contributed by atoms with Crippen LogP contribution < -0.4 is 5.32 Å². The average molecular weight is 423 g/mol. The number of thiazole rings is 1. The molecule has 1 N–H and O–H groups in total. The average Bonchev–Trinajstić information content (AvgIpc) is 2.92. The van der Waals surface area contributed by atoms with E-state index in [-0.39, 0.29) is 19.3 Å². The fraction of sp³-hybridized carbons (Fsp3) is 0.400. The lowest BCUT2D eigenvalue weighted by Crippen LogP contribution is -2.09. The van der Waals surface area contributed by atoms with Crippen molar-refractivity contribution in [3.05, 3.63) is 29.3 Å². The van der Waals surface area contributed by atoms with Gasteiger partial charge in [-0.2, -0.15) is 0 Å². The number of hydrogen-bond acceptors (Lipinski definition) is 7. The first-order valence-electron chi connectivity index (χ1n) is 7.47. The molecule has 0 amide bonds. The minimum atomic E-state index is -3.96. The lowest BCUT2D eigenvalue weighted by Gasteiger charge is -2.08. The zero-order valence-corrected chi connectivity index (χ0v) is 17.2. The SMILES string of the molecule is CC(C)CCNc1sc(S(C)(=O)=O)nc1S(=O)(=O)c1ccc(Cl)cc1. The predicted octanol–water partition coefficient (Wildman–Crippen LogP) is 3.49. The molecule has 0 aliphatic carbocycles. The fourth-order valence-electron chi connectivity index (χ4n) is 1.94. The van der Waals surface area contributed by atoms with Crippen LogP contribution in [0, 0.1) is 5.92 Å². The quantitative estimate of drug-likeness (QED) is 0.734. The maximum atomic E-state index is 12.9. The Morgan fingerprint density at radius 1 is 1.16 bits per heavy atom. The van der Waals surface area contributed by atoms with Gasteiger partial charge in [-0.05, 0) is 36.6 Å². The first-order chi connectivity index (χ1) is 11.5. The highest BCUT2D eigenvalue weighted by molar-refractivity contribution is 7.93. The number of nitrogens with one attached hydrogen (secondary N) is 1. The van der Waals surface area contributed by atoms with Gasteiger partial charge in [-0.3, -0.25) is 0 Å². The summed E-state index contributed by atoms with van der Waals surface area (Å²) in [6.07, 6.45) is 1.81. The van der Waals surface area contributed by atoms with Crippen LogP contribution in [-0.4, -0.2) is 34.6 Å². The summed E-state index contributed by atoms with van der Waals surface area (Å²) in [6.45, 7) is 4.61. The summed E-state index contributed by atoms with van der Waals surface area (Å²) in [7, 11) is -7.58. The van der Waals surface area contributed by atoms with Crippen LogP contribution in [0.3, 0.4) is 0 Å². The Hall–Kier alpha value is -1.16. The van der Waals surface area contributed by atoms with Gasteiger partial charge in [0.25, 0.3) is 0 Å². The highest BCUT2D eigenvalue weighted by atomic mass is 35.5. The lowest BCUT2D eigenvalue weighted by molar-refractivity contribution is 0.590. The summed E-state index contributed by atoms with van der Waals surface area (Å²) in [5.74, 6) is 0.422. The minimum absolute atomic E-state index is 0.00848. The number of sulfone groups is 2. The van der Waals surface area contributed by atoms with Gasteiger partial charge in [0.2, 0.25) is 24.0 Å². The van der Waals surface area contributed by atoms with E-state index in [1.54, 1.807) is 0 Å². The lowest BCUT2D eigenvalue weighted by atomic mass is 10.1. The molecule has 0 saturated carbocycles. The number of nitrogens with zero attached hydrogens (tertiary/aromatic N) is 1. The largest absolute Gasteiger partial charge is 0.374 e. The van der Waals surface area contributed by atoms with Crippen molar-refractivity contribution in [1.82, 2.24) is 4.98 Å². The van der Waals surface area contributed by atoms with Crippen molar-refractivity contribution < 1.29 is 16.8 Å². The minimum Gasteiger partial charge on any atom is -0.374 e. The van der Waals surface area contributed by atoms with Crippen molar-refractivity contribution in [2.24, 2.45) is 5.92 Å². The van der Waals surface area contributed by atoms with Crippen molar-refractivity contribution in [2.75, 3.05) is 18.1 Å². The van der Waals surface area contributed by atoms with E-state index in [1.165, 1.54) is 24.3 Å². The van der Waals surface area contributed by atoms with Crippen LogP contribution in [0.4, 0.5) is 5.00 Å². The molecule has 138 valence electrons. The van der Waals surface area contributed by atoms with Gasteiger partial charge in [0.05, 0.1) is 4.90 Å². The van der Waals surface area contributed by atoms with E-state index in [2.05, 4.69) is 10.3 Å². The summed E-state index contributed by atoms with van der Waals surface area (Å²) < 4.78 is 49.1. The van der Waals surface area contributed by atoms with Crippen molar-refractivity contribution in [1.29, 1.82) is 0 Å². The van der Waals surface area contributed by atoms with Gasteiger partial charge in [0.15, 0.2) is 5.03 Å². The van der Waals surface area contributed by atoms with Gasteiger partial charge < -0.3 is 5.32 Å². The molecule has 0 aliphatic heterocycles. The number of hydrogen-bond donors (Lipinski definition) is 1. The topological polar surface area (TPSA) is 93.2 Å². The third kappa shape index (κ3) is 4.93. The number of benzene rings is 1. The van der Waals surface area contributed by atoms with Gasteiger partial charge in [-0.15, -0.1) is 0 Å². The molecule has 0 unspecified atom stereocenters. The van der Waals surface area contributed by atoms with Crippen LogP contribution in [-0.2, 0) is 19.7 Å². The third-order valence-corrected chi connectivity index (χ3v) is 8.05. The van der Waals surface area contributed by atoms with Crippen molar-refractivity contribution in [2.45, 2.75) is 34.5 Å². The smallest absolute Gasteiger partial charge is 0.226 e. The third-order valence-electron chi connectivity index (χ3n) is 3.28. The van der Waals surface area contributed by atoms with Crippen LogP contribution >= 0.6 is 22.9 Å². The monoisotopic (exact) mass is 422 g/mol. The van der Waals surface area contributed by atoms with E-state index in [0.717, 1.165) is 24.0 Å². The first kappa shape index (κ1) is 20.2. The molecule has 0 bridgehead atoms. The maximum absolute atomic E-state index is 12.9. The standard InChI is InChI=1S/C15H19ClN2O4S3/c1-10(2)8-9-17-13-14(18-15(23-13)24(3,19)20)25(21,22)12-6-4-11(16)5-7-12/h4-7,10,17H,8-9H2,1-3H3. The number of rotatable bonds is 7. The van der Waals surface area contributed by atoms with E-state index in [4.69, 9.17) is 11.6 Å². The molecule has 0 atom stereocenters. The zero-order valence-electron chi connectivity index (χ0n) is 14.0. The van der Waals surface area contributed by atoms with Crippen LogP contribution in [0.25, 0.3) is 0 Å². The highest BCUT2D eigenvalue weighted by Crippen LogP contribution is 2.34. The van der Waals surface area contributed by atoms with Gasteiger partial charge in [-0.25, -0.2) is 21.8 Å². The van der Waals surface area contributed by atoms with E-state index in [0.29, 0.717) is 17.5 Å². The van der Waals surface area contributed by atoms with Crippen LogP contribution in [0.5, 0.6) is 0 Å². The summed E-state index contributed by atoms with van der Waals surface area (Å²) in [6, 6.07) is 5.67. The number of anilines is 1. The normalized spacial score (nSPS) is 12.5. The fourth-order valence-corrected chi connectivity index (χ4v) is 5.61. The van der Waals surface area contributed by atoms with Crippen LogP contribution in [0.15, 0.2) is 38.5 Å². The predicted molar refractivity (Wildman–Crippen MR) is 100 cm³/mol. The molecule has 2 rings (SSSR count). The Kier molecular flexibility index (Phi) is 6.13. The molecule has 1 aromatic heterocycles. The number of halogens is 1. The Bertz CT molecular complexity index is 949. The molecular weight excluding hydrogens is 404 g/mol. The maximum Gasteiger partial charge on any atom is 0.226 e. The van der Waals surface area contributed by atoms with Gasteiger partial charge in [0.1, 0.15) is 5.00 Å². The van der Waals surface area contributed by atoms with Crippen LogP contribution in [0.2, 0.25) is 5.02 Å². The van der Waals surface area contributed by atoms with E-state index >= 15 is 0 Å². The second kappa shape index (κ2) is 7.61. The molecule has 0 radical (unpaired) electrons. The molecule has 25 heavy (non-hydrogen) atoms.